The van der Waals surface area contributed by atoms with Crippen LogP contribution in [0.3, 0.4) is 0 Å². The molecule has 0 radical (unpaired) electrons. The van der Waals surface area contributed by atoms with Gasteiger partial charge in [0.25, 0.3) is 5.91 Å². The summed E-state index contributed by atoms with van der Waals surface area (Å²) in [6.07, 6.45) is 3.73. The number of nitrogens with one attached hydrogen (secondary N) is 1. The predicted molar refractivity (Wildman–Crippen MR) is 66.3 cm³/mol. The Labute approximate surface area is 107 Å². The van der Waals surface area contributed by atoms with Crippen LogP contribution in [-0.4, -0.2) is 28.8 Å². The van der Waals surface area contributed by atoms with E-state index in [0.29, 0.717) is 23.6 Å². The average molecular weight is 252 g/mol. The Balaban J connectivity index is 1.92. The van der Waals surface area contributed by atoms with Crippen LogP contribution in [0, 0.1) is 19.8 Å². The van der Waals surface area contributed by atoms with E-state index < -0.39 is 0 Å². The fraction of sp³-hybridized carbons (Fsp3) is 0.692. The molecule has 1 amide bonds. The number of aliphatic hydroxyl groups is 1. The second-order valence-corrected chi connectivity index (χ2v) is 5.02. The molecule has 5 nitrogen and oxygen atoms in total. The summed E-state index contributed by atoms with van der Waals surface area (Å²) in [5, 5.41) is 16.5. The molecule has 1 aliphatic rings. The average Bonchev–Trinajstić information content (AvgIpc) is 2.68. The van der Waals surface area contributed by atoms with Gasteiger partial charge in [0.05, 0.1) is 11.8 Å². The van der Waals surface area contributed by atoms with E-state index in [9.17, 15) is 9.90 Å². The van der Waals surface area contributed by atoms with E-state index in [0.717, 1.165) is 25.7 Å². The largest absolute Gasteiger partial charge is 0.393 e. The third-order valence-electron chi connectivity index (χ3n) is 3.65. The van der Waals surface area contributed by atoms with Crippen molar-refractivity contribution in [1.82, 2.24) is 10.5 Å². The molecule has 1 fully saturated rings. The molecule has 1 aliphatic carbocycles. The molecule has 1 saturated carbocycles. The molecule has 1 aromatic heterocycles. The zero-order valence-electron chi connectivity index (χ0n) is 10.9. The van der Waals surface area contributed by atoms with Crippen LogP contribution in [0.4, 0.5) is 0 Å². The second-order valence-electron chi connectivity index (χ2n) is 5.02. The monoisotopic (exact) mass is 252 g/mol. The molecule has 2 N–H and O–H groups in total. The number of nitrogens with zero attached hydrogens (tertiary/aromatic N) is 1. The number of hydrogen-bond donors (Lipinski definition) is 2. The maximum atomic E-state index is 12.0. The molecule has 2 rings (SSSR count). The predicted octanol–water partition coefficient (Wildman–Crippen LogP) is 1.57. The molecule has 0 bridgehead atoms. The highest BCUT2D eigenvalue weighted by Crippen LogP contribution is 2.23. The lowest BCUT2D eigenvalue weighted by Gasteiger charge is -2.27. The molecule has 1 heterocycles. The summed E-state index contributed by atoms with van der Waals surface area (Å²) in [7, 11) is 0. The fourth-order valence-electron chi connectivity index (χ4n) is 2.55. The maximum Gasteiger partial charge on any atom is 0.256 e. The molecule has 5 heteroatoms. The van der Waals surface area contributed by atoms with Gasteiger partial charge in [0, 0.05) is 12.5 Å². The normalized spacial score (nSPS) is 23.9. The van der Waals surface area contributed by atoms with E-state index in [1.807, 2.05) is 0 Å². The van der Waals surface area contributed by atoms with Crippen LogP contribution < -0.4 is 5.32 Å². The van der Waals surface area contributed by atoms with E-state index in [2.05, 4.69) is 10.5 Å². The zero-order valence-corrected chi connectivity index (χ0v) is 10.9. The van der Waals surface area contributed by atoms with Crippen molar-refractivity contribution in [1.29, 1.82) is 0 Å². The number of carbonyl (C=O) groups excluding carboxylic acids is 1. The summed E-state index contributed by atoms with van der Waals surface area (Å²) in [5.74, 6) is 0.543. The first-order chi connectivity index (χ1) is 8.59. The Morgan fingerprint density at radius 2 is 2.17 bits per heavy atom. The minimum Gasteiger partial charge on any atom is -0.393 e. The minimum atomic E-state index is -0.288. The van der Waals surface area contributed by atoms with Crippen LogP contribution in [0.15, 0.2) is 4.52 Å². The molecule has 2 unspecified atom stereocenters. The minimum absolute atomic E-state index is 0.163. The molecule has 0 aliphatic heterocycles. The first-order valence-electron chi connectivity index (χ1n) is 6.48. The van der Waals surface area contributed by atoms with Crippen molar-refractivity contribution in [2.24, 2.45) is 5.92 Å². The summed E-state index contributed by atoms with van der Waals surface area (Å²) < 4.78 is 4.97. The van der Waals surface area contributed by atoms with E-state index in [1.165, 1.54) is 0 Å². The van der Waals surface area contributed by atoms with Crippen LogP contribution in [0.5, 0.6) is 0 Å². The Bertz CT molecular complexity index is 408. The van der Waals surface area contributed by atoms with Gasteiger partial charge in [-0.05, 0) is 26.7 Å². The van der Waals surface area contributed by atoms with E-state index in [1.54, 1.807) is 13.8 Å². The van der Waals surface area contributed by atoms with Gasteiger partial charge in [0.15, 0.2) is 0 Å². The first-order valence-corrected chi connectivity index (χ1v) is 6.48. The standard InChI is InChI=1S/C13H20N2O3/c1-8-12(9(2)18-15-8)13(17)14-7-10-5-3-4-6-11(10)16/h10-11,16H,3-7H2,1-2H3,(H,14,17). The van der Waals surface area contributed by atoms with Crippen molar-refractivity contribution in [2.45, 2.75) is 45.6 Å². The van der Waals surface area contributed by atoms with Gasteiger partial charge in [0.1, 0.15) is 11.3 Å². The first kappa shape index (κ1) is 13.1. The van der Waals surface area contributed by atoms with Crippen LogP contribution >= 0.6 is 0 Å². The number of rotatable bonds is 3. The van der Waals surface area contributed by atoms with Crippen molar-refractivity contribution in [3.05, 3.63) is 17.0 Å². The smallest absolute Gasteiger partial charge is 0.256 e. The van der Waals surface area contributed by atoms with Gasteiger partial charge < -0.3 is 14.9 Å². The fourth-order valence-corrected chi connectivity index (χ4v) is 2.55. The lowest BCUT2D eigenvalue weighted by molar-refractivity contribution is 0.0662. The van der Waals surface area contributed by atoms with Crippen molar-refractivity contribution in [3.8, 4) is 0 Å². The van der Waals surface area contributed by atoms with Gasteiger partial charge in [-0.25, -0.2) is 0 Å². The van der Waals surface area contributed by atoms with E-state index in [-0.39, 0.29) is 17.9 Å². The third kappa shape index (κ3) is 2.72. The van der Waals surface area contributed by atoms with Crippen molar-refractivity contribution in [3.63, 3.8) is 0 Å². The molecule has 100 valence electrons. The molecule has 0 saturated heterocycles. The maximum absolute atomic E-state index is 12.0. The van der Waals surface area contributed by atoms with Crippen LogP contribution in [-0.2, 0) is 0 Å². The summed E-state index contributed by atoms with van der Waals surface area (Å²) in [4.78, 5) is 12.0. The number of amides is 1. The third-order valence-corrected chi connectivity index (χ3v) is 3.65. The van der Waals surface area contributed by atoms with E-state index >= 15 is 0 Å². The van der Waals surface area contributed by atoms with E-state index in [4.69, 9.17) is 4.52 Å². The molecule has 2 atom stereocenters. The van der Waals surface area contributed by atoms with Crippen LogP contribution in [0.25, 0.3) is 0 Å². The molecule has 0 aromatic carbocycles. The molecular weight excluding hydrogens is 232 g/mol. The van der Waals surface area contributed by atoms with Gasteiger partial charge >= 0.3 is 0 Å². The Morgan fingerprint density at radius 3 is 2.78 bits per heavy atom. The quantitative estimate of drug-likeness (QED) is 0.856. The number of aromatic nitrogens is 1. The van der Waals surface area contributed by atoms with Crippen molar-refractivity contribution in [2.75, 3.05) is 6.54 Å². The zero-order chi connectivity index (χ0) is 13.1. The number of hydrogen-bond acceptors (Lipinski definition) is 4. The highest BCUT2D eigenvalue weighted by atomic mass is 16.5. The number of aliphatic hydroxyl groups excluding tert-OH is 1. The second kappa shape index (κ2) is 5.52. The highest BCUT2D eigenvalue weighted by molar-refractivity contribution is 5.96. The molecule has 18 heavy (non-hydrogen) atoms. The van der Waals surface area contributed by atoms with Gasteiger partial charge in [0.2, 0.25) is 0 Å². The van der Waals surface area contributed by atoms with Crippen molar-refractivity contribution < 1.29 is 14.4 Å². The number of aryl methyl sites for hydroxylation is 2. The lowest BCUT2D eigenvalue weighted by atomic mass is 9.86. The highest BCUT2D eigenvalue weighted by Gasteiger charge is 2.24. The summed E-state index contributed by atoms with van der Waals surface area (Å²) in [6, 6.07) is 0. The van der Waals surface area contributed by atoms with Crippen molar-refractivity contribution >= 4 is 5.91 Å². The molecule has 0 spiro atoms. The lowest BCUT2D eigenvalue weighted by Crippen LogP contribution is -2.36. The summed E-state index contributed by atoms with van der Waals surface area (Å²) in [6.45, 7) is 4.00. The Morgan fingerprint density at radius 1 is 1.44 bits per heavy atom. The van der Waals surface area contributed by atoms with Crippen LogP contribution in [0.1, 0.15) is 47.5 Å². The molecule has 1 aromatic rings. The van der Waals surface area contributed by atoms with Crippen LogP contribution in [0.2, 0.25) is 0 Å². The van der Waals surface area contributed by atoms with Gasteiger partial charge in [-0.2, -0.15) is 0 Å². The summed E-state index contributed by atoms with van der Waals surface area (Å²) >= 11 is 0. The Hall–Kier alpha value is -1.36. The Kier molecular flexibility index (Phi) is 4.01. The van der Waals surface area contributed by atoms with Gasteiger partial charge in [-0.15, -0.1) is 0 Å². The topological polar surface area (TPSA) is 75.4 Å². The SMILES string of the molecule is Cc1noc(C)c1C(=O)NCC1CCCCC1O. The van der Waals surface area contributed by atoms with Gasteiger partial charge in [-0.1, -0.05) is 18.0 Å². The number of carbonyl (C=O) groups is 1. The van der Waals surface area contributed by atoms with Gasteiger partial charge in [-0.3, -0.25) is 4.79 Å². The summed E-state index contributed by atoms with van der Waals surface area (Å²) in [5.41, 5.74) is 1.12. The molecular formula is C13H20N2O3.